The first kappa shape index (κ1) is 18.8. The van der Waals surface area contributed by atoms with Crippen LogP contribution in [0.5, 0.6) is 0 Å². The van der Waals surface area contributed by atoms with E-state index in [0.29, 0.717) is 16.3 Å². The summed E-state index contributed by atoms with van der Waals surface area (Å²) in [4.78, 5) is 13.5. The SMILES string of the molecule is CN(C)C(CNS(=O)(=O)c1ccc2c(c1)CC(=O)N2)c1ccc(Cl)cc1. The Kier molecular flexibility index (Phi) is 5.34. The van der Waals surface area contributed by atoms with Gasteiger partial charge in [0.2, 0.25) is 15.9 Å². The molecule has 0 bridgehead atoms. The van der Waals surface area contributed by atoms with E-state index in [-0.39, 0.29) is 29.8 Å². The molecule has 0 spiro atoms. The van der Waals surface area contributed by atoms with Gasteiger partial charge in [-0.1, -0.05) is 23.7 Å². The fourth-order valence-electron chi connectivity index (χ4n) is 2.93. The van der Waals surface area contributed by atoms with Crippen LogP contribution in [0.1, 0.15) is 17.2 Å². The number of carbonyl (C=O) groups excluding carboxylic acids is 1. The number of amides is 1. The van der Waals surface area contributed by atoms with Crippen LogP contribution in [0.4, 0.5) is 5.69 Å². The minimum absolute atomic E-state index is 0.127. The molecule has 0 aromatic heterocycles. The van der Waals surface area contributed by atoms with Gasteiger partial charge < -0.3 is 10.2 Å². The highest BCUT2D eigenvalue weighted by atomic mass is 35.5. The minimum atomic E-state index is -3.69. The van der Waals surface area contributed by atoms with Crippen LogP contribution >= 0.6 is 11.6 Å². The zero-order valence-corrected chi connectivity index (χ0v) is 16.1. The monoisotopic (exact) mass is 393 g/mol. The lowest BCUT2D eigenvalue weighted by atomic mass is 10.1. The molecule has 6 nitrogen and oxygen atoms in total. The van der Waals surface area contributed by atoms with Crippen molar-refractivity contribution in [1.29, 1.82) is 0 Å². The fourth-order valence-corrected chi connectivity index (χ4v) is 4.14. The minimum Gasteiger partial charge on any atom is -0.326 e. The molecule has 1 atom stereocenters. The molecule has 1 unspecified atom stereocenters. The van der Waals surface area contributed by atoms with Crippen LogP contribution in [0.25, 0.3) is 0 Å². The Morgan fingerprint density at radius 3 is 2.54 bits per heavy atom. The molecule has 138 valence electrons. The third kappa shape index (κ3) is 4.07. The summed E-state index contributed by atoms with van der Waals surface area (Å²) in [5.74, 6) is -0.127. The molecule has 0 radical (unpaired) electrons. The lowest BCUT2D eigenvalue weighted by Gasteiger charge is -2.25. The van der Waals surface area contributed by atoms with Crippen molar-refractivity contribution in [3.8, 4) is 0 Å². The summed E-state index contributed by atoms with van der Waals surface area (Å²) < 4.78 is 28.0. The van der Waals surface area contributed by atoms with Gasteiger partial charge in [0.15, 0.2) is 0 Å². The third-order valence-corrected chi connectivity index (χ3v) is 6.03. The average Bonchev–Trinajstić information content (AvgIpc) is 2.95. The maximum atomic E-state index is 12.7. The van der Waals surface area contributed by atoms with Crippen molar-refractivity contribution < 1.29 is 13.2 Å². The van der Waals surface area contributed by atoms with Crippen molar-refractivity contribution in [3.05, 3.63) is 58.6 Å². The van der Waals surface area contributed by atoms with Gasteiger partial charge in [-0.2, -0.15) is 0 Å². The molecule has 0 aliphatic carbocycles. The van der Waals surface area contributed by atoms with Gasteiger partial charge in [0.25, 0.3) is 0 Å². The Hall–Kier alpha value is -1.93. The van der Waals surface area contributed by atoms with Crippen molar-refractivity contribution in [1.82, 2.24) is 9.62 Å². The van der Waals surface area contributed by atoms with E-state index in [9.17, 15) is 13.2 Å². The highest BCUT2D eigenvalue weighted by Gasteiger charge is 2.23. The van der Waals surface area contributed by atoms with E-state index in [1.54, 1.807) is 24.3 Å². The van der Waals surface area contributed by atoms with Crippen LogP contribution in [0.15, 0.2) is 47.4 Å². The number of hydrogen-bond donors (Lipinski definition) is 2. The Morgan fingerprint density at radius 1 is 1.19 bits per heavy atom. The number of fused-ring (bicyclic) bond motifs is 1. The Balaban J connectivity index is 1.77. The fraction of sp³-hybridized carbons (Fsp3) is 0.278. The Labute approximate surface area is 158 Å². The maximum Gasteiger partial charge on any atom is 0.240 e. The van der Waals surface area contributed by atoms with Gasteiger partial charge in [0.05, 0.1) is 11.3 Å². The normalized spacial score (nSPS) is 15.0. The summed E-state index contributed by atoms with van der Waals surface area (Å²) in [5, 5.41) is 3.33. The van der Waals surface area contributed by atoms with Gasteiger partial charge >= 0.3 is 0 Å². The van der Waals surface area contributed by atoms with Crippen molar-refractivity contribution in [2.75, 3.05) is 26.0 Å². The number of nitrogens with zero attached hydrogens (tertiary/aromatic N) is 1. The first-order chi connectivity index (χ1) is 12.3. The molecule has 1 aliphatic rings. The van der Waals surface area contributed by atoms with Gasteiger partial charge in [-0.25, -0.2) is 13.1 Å². The van der Waals surface area contributed by atoms with E-state index < -0.39 is 10.0 Å². The second-order valence-electron chi connectivity index (χ2n) is 6.43. The van der Waals surface area contributed by atoms with Crippen LogP contribution < -0.4 is 10.0 Å². The van der Waals surface area contributed by atoms with Crippen LogP contribution in [-0.2, 0) is 21.2 Å². The molecule has 2 aromatic rings. The molecule has 0 saturated carbocycles. The number of anilines is 1. The molecule has 1 heterocycles. The van der Waals surface area contributed by atoms with Gasteiger partial charge in [-0.15, -0.1) is 0 Å². The first-order valence-electron chi connectivity index (χ1n) is 8.10. The van der Waals surface area contributed by atoms with Crippen LogP contribution in [0, 0.1) is 0 Å². The highest BCUT2D eigenvalue weighted by molar-refractivity contribution is 7.89. The van der Waals surface area contributed by atoms with E-state index in [0.717, 1.165) is 5.56 Å². The van der Waals surface area contributed by atoms with Crippen LogP contribution in [0.2, 0.25) is 5.02 Å². The van der Waals surface area contributed by atoms with E-state index in [1.165, 1.54) is 6.07 Å². The molecule has 1 aliphatic heterocycles. The maximum absolute atomic E-state index is 12.7. The highest BCUT2D eigenvalue weighted by Crippen LogP contribution is 2.26. The van der Waals surface area contributed by atoms with E-state index in [2.05, 4.69) is 10.0 Å². The molecule has 0 fully saturated rings. The largest absolute Gasteiger partial charge is 0.326 e. The zero-order chi connectivity index (χ0) is 18.9. The number of halogens is 1. The zero-order valence-electron chi connectivity index (χ0n) is 14.5. The first-order valence-corrected chi connectivity index (χ1v) is 9.97. The van der Waals surface area contributed by atoms with Crippen molar-refractivity contribution in [3.63, 3.8) is 0 Å². The predicted molar refractivity (Wildman–Crippen MR) is 102 cm³/mol. The van der Waals surface area contributed by atoms with Crippen molar-refractivity contribution in [2.24, 2.45) is 0 Å². The number of benzene rings is 2. The number of carbonyl (C=O) groups is 1. The summed E-state index contributed by atoms with van der Waals surface area (Å²) in [5.41, 5.74) is 2.33. The van der Waals surface area contributed by atoms with Gasteiger partial charge in [-0.3, -0.25) is 4.79 Å². The van der Waals surface area contributed by atoms with Crippen molar-refractivity contribution in [2.45, 2.75) is 17.4 Å². The Bertz CT molecular complexity index is 927. The molecule has 3 rings (SSSR count). The molecular weight excluding hydrogens is 374 g/mol. The van der Waals surface area contributed by atoms with E-state index >= 15 is 0 Å². The number of hydrogen-bond acceptors (Lipinski definition) is 4. The number of sulfonamides is 1. The molecule has 8 heteroatoms. The molecule has 0 saturated heterocycles. The molecule has 2 aromatic carbocycles. The topological polar surface area (TPSA) is 78.5 Å². The smallest absolute Gasteiger partial charge is 0.240 e. The molecule has 2 N–H and O–H groups in total. The average molecular weight is 394 g/mol. The lowest BCUT2D eigenvalue weighted by molar-refractivity contribution is -0.115. The predicted octanol–water partition coefficient (Wildman–Crippen LogP) is 2.42. The van der Waals surface area contributed by atoms with Gasteiger partial charge in [0, 0.05) is 23.3 Å². The second kappa shape index (κ2) is 7.36. The number of nitrogens with one attached hydrogen (secondary N) is 2. The standard InChI is InChI=1S/C18H20ClN3O3S/c1-22(2)17(12-3-5-14(19)6-4-12)11-20-26(24,25)15-7-8-16-13(9-15)10-18(23)21-16/h3-9,17,20H,10-11H2,1-2H3,(H,21,23). The summed E-state index contributed by atoms with van der Waals surface area (Å²) in [6, 6.07) is 11.9. The Morgan fingerprint density at radius 2 is 1.88 bits per heavy atom. The summed E-state index contributed by atoms with van der Waals surface area (Å²) in [7, 11) is 0.0924. The lowest BCUT2D eigenvalue weighted by Crippen LogP contribution is -2.34. The summed E-state index contributed by atoms with van der Waals surface area (Å²) >= 11 is 5.93. The molecular formula is C18H20ClN3O3S. The molecule has 1 amide bonds. The van der Waals surface area contributed by atoms with Gasteiger partial charge in [0.1, 0.15) is 0 Å². The van der Waals surface area contributed by atoms with Gasteiger partial charge in [-0.05, 0) is 55.6 Å². The van der Waals surface area contributed by atoms with E-state index in [1.807, 2.05) is 31.1 Å². The number of likely N-dealkylation sites (N-methyl/N-ethyl adjacent to an activating group) is 1. The van der Waals surface area contributed by atoms with Crippen molar-refractivity contribution >= 4 is 33.2 Å². The summed E-state index contributed by atoms with van der Waals surface area (Å²) in [6.45, 7) is 0.214. The summed E-state index contributed by atoms with van der Waals surface area (Å²) in [6.07, 6.45) is 0.198. The quantitative estimate of drug-likeness (QED) is 0.790. The molecule has 26 heavy (non-hydrogen) atoms. The second-order valence-corrected chi connectivity index (χ2v) is 8.63. The number of rotatable bonds is 6. The third-order valence-electron chi connectivity index (χ3n) is 4.36. The van der Waals surface area contributed by atoms with E-state index in [4.69, 9.17) is 11.6 Å². The van der Waals surface area contributed by atoms with Crippen LogP contribution in [0.3, 0.4) is 0 Å². The van der Waals surface area contributed by atoms with Crippen LogP contribution in [-0.4, -0.2) is 39.9 Å².